The Labute approximate surface area is 176 Å². The first-order valence-electron chi connectivity index (χ1n) is 11.5. The van der Waals surface area contributed by atoms with E-state index in [1.54, 1.807) is 12.1 Å². The molecule has 0 spiro atoms. The second-order valence-corrected chi connectivity index (χ2v) is 9.92. The molecule has 0 amide bonds. The molecule has 0 aromatic carbocycles. The number of piperidine rings is 2. The maximum absolute atomic E-state index is 12.2. The summed E-state index contributed by atoms with van der Waals surface area (Å²) in [6, 6.07) is 11.5. The monoisotopic (exact) mass is 406 g/mol. The zero-order valence-electron chi connectivity index (χ0n) is 17.4. The lowest BCUT2D eigenvalue weighted by molar-refractivity contribution is 0.0793. The molecule has 4 bridgehead atoms. The molecule has 0 aliphatic carbocycles. The summed E-state index contributed by atoms with van der Waals surface area (Å²) in [5, 5.41) is 0. The summed E-state index contributed by atoms with van der Waals surface area (Å²) in [7, 11) is 0. The van der Waals surface area contributed by atoms with E-state index in [4.69, 9.17) is 0 Å². The summed E-state index contributed by atoms with van der Waals surface area (Å²) < 4.78 is 4.03. The fraction of sp³-hybridized carbons (Fsp3) is 0.583. The summed E-state index contributed by atoms with van der Waals surface area (Å²) in [5.74, 6) is 2.17. The number of fused-ring (bicyclic) bond motifs is 8. The van der Waals surface area contributed by atoms with Gasteiger partial charge in [0.25, 0.3) is 11.1 Å². The Kier molecular flexibility index (Phi) is 4.46. The predicted molar refractivity (Wildman–Crippen MR) is 116 cm³/mol. The molecule has 6 nitrogen and oxygen atoms in total. The zero-order chi connectivity index (χ0) is 20.2. The first-order valence-corrected chi connectivity index (χ1v) is 11.5. The standard InChI is InChI=1S/C24H30N4O2/c29-23-5-1-3-21-19-9-17(13-27(21)23)11-25(15-19)7-8-26-12-18-10-20(16-26)22-4-2-6-24(30)28(22)14-18/h1-6,17-20H,7-16H2/t17-,18-,19?,20?/m0/s1. The van der Waals surface area contributed by atoms with Crippen LogP contribution in [0.2, 0.25) is 0 Å². The van der Waals surface area contributed by atoms with E-state index < -0.39 is 0 Å². The number of nitrogens with zero attached hydrogens (tertiary/aromatic N) is 4. The van der Waals surface area contributed by atoms with Crippen molar-refractivity contribution >= 4 is 0 Å². The third-order valence-electron chi connectivity index (χ3n) is 7.84. The molecule has 2 fully saturated rings. The van der Waals surface area contributed by atoms with Crippen LogP contribution >= 0.6 is 0 Å². The lowest BCUT2D eigenvalue weighted by Crippen LogP contribution is -2.51. The molecule has 158 valence electrons. The van der Waals surface area contributed by atoms with Gasteiger partial charge in [-0.25, -0.2) is 0 Å². The van der Waals surface area contributed by atoms with Crippen LogP contribution < -0.4 is 11.1 Å². The zero-order valence-corrected chi connectivity index (χ0v) is 17.4. The van der Waals surface area contributed by atoms with Gasteiger partial charge in [-0.1, -0.05) is 12.1 Å². The normalized spacial score (nSPS) is 30.5. The van der Waals surface area contributed by atoms with Gasteiger partial charge in [0, 0.05) is 87.7 Å². The highest BCUT2D eigenvalue weighted by molar-refractivity contribution is 5.18. The molecule has 30 heavy (non-hydrogen) atoms. The summed E-state index contributed by atoms with van der Waals surface area (Å²) in [4.78, 5) is 29.7. The number of likely N-dealkylation sites (tertiary alicyclic amines) is 2. The Morgan fingerprint density at radius 2 is 1.10 bits per heavy atom. The van der Waals surface area contributed by atoms with Gasteiger partial charge in [-0.3, -0.25) is 9.59 Å². The molecule has 2 saturated heterocycles. The highest BCUT2D eigenvalue weighted by Crippen LogP contribution is 2.36. The van der Waals surface area contributed by atoms with Gasteiger partial charge in [0.15, 0.2) is 0 Å². The van der Waals surface area contributed by atoms with Crippen LogP contribution in [0.15, 0.2) is 46.0 Å². The second kappa shape index (κ2) is 7.20. The minimum Gasteiger partial charge on any atom is -0.312 e. The fourth-order valence-corrected chi connectivity index (χ4v) is 6.64. The lowest BCUT2D eigenvalue weighted by atomic mass is 9.82. The van der Waals surface area contributed by atoms with E-state index in [0.717, 1.165) is 52.4 Å². The predicted octanol–water partition coefficient (Wildman–Crippen LogP) is 1.55. The van der Waals surface area contributed by atoms with Crippen LogP contribution in [0.1, 0.15) is 36.1 Å². The van der Waals surface area contributed by atoms with E-state index in [9.17, 15) is 9.59 Å². The van der Waals surface area contributed by atoms with Crippen LogP contribution in [0.4, 0.5) is 0 Å². The molecule has 6 heteroatoms. The highest BCUT2D eigenvalue weighted by Gasteiger charge is 2.36. The average molecular weight is 407 g/mol. The molecule has 4 aliphatic heterocycles. The molecule has 4 atom stereocenters. The third kappa shape index (κ3) is 3.17. The van der Waals surface area contributed by atoms with Crippen LogP contribution in [0, 0.1) is 11.8 Å². The van der Waals surface area contributed by atoms with Crippen molar-refractivity contribution in [3.63, 3.8) is 0 Å². The molecule has 6 rings (SSSR count). The molecule has 4 aliphatic rings. The molecular formula is C24H30N4O2. The van der Waals surface area contributed by atoms with Crippen molar-refractivity contribution in [2.24, 2.45) is 11.8 Å². The van der Waals surface area contributed by atoms with E-state index in [2.05, 4.69) is 21.9 Å². The van der Waals surface area contributed by atoms with Gasteiger partial charge in [-0.2, -0.15) is 0 Å². The molecule has 0 radical (unpaired) electrons. The summed E-state index contributed by atoms with van der Waals surface area (Å²) in [6.07, 6.45) is 2.44. The minimum atomic E-state index is 0.162. The first-order chi connectivity index (χ1) is 14.6. The Morgan fingerprint density at radius 3 is 1.57 bits per heavy atom. The van der Waals surface area contributed by atoms with E-state index in [1.165, 1.54) is 24.2 Å². The Morgan fingerprint density at radius 1 is 0.633 bits per heavy atom. The molecule has 0 N–H and O–H groups in total. The summed E-state index contributed by atoms with van der Waals surface area (Å²) in [5.41, 5.74) is 2.79. The minimum absolute atomic E-state index is 0.162. The number of rotatable bonds is 3. The molecule has 2 unspecified atom stereocenters. The van der Waals surface area contributed by atoms with Crippen molar-refractivity contribution in [1.82, 2.24) is 18.9 Å². The quantitative estimate of drug-likeness (QED) is 0.776. The molecular weight excluding hydrogens is 376 g/mol. The average Bonchev–Trinajstić information content (AvgIpc) is 2.74. The molecule has 6 heterocycles. The van der Waals surface area contributed by atoms with Gasteiger partial charge in [0.1, 0.15) is 0 Å². The maximum atomic E-state index is 12.2. The van der Waals surface area contributed by atoms with Gasteiger partial charge in [0.05, 0.1) is 0 Å². The van der Waals surface area contributed by atoms with Crippen LogP contribution in [-0.2, 0) is 13.1 Å². The number of aromatic nitrogens is 2. The molecule has 2 aromatic rings. The second-order valence-electron chi connectivity index (χ2n) is 9.92. The van der Waals surface area contributed by atoms with Crippen molar-refractivity contribution in [2.75, 3.05) is 39.3 Å². The number of hydrogen-bond acceptors (Lipinski definition) is 4. The third-order valence-corrected chi connectivity index (χ3v) is 7.84. The van der Waals surface area contributed by atoms with Crippen LogP contribution in [0.5, 0.6) is 0 Å². The number of hydrogen-bond donors (Lipinski definition) is 0. The van der Waals surface area contributed by atoms with Gasteiger partial charge < -0.3 is 18.9 Å². The maximum Gasteiger partial charge on any atom is 0.250 e. The fourth-order valence-electron chi connectivity index (χ4n) is 6.64. The van der Waals surface area contributed by atoms with Gasteiger partial charge in [-0.15, -0.1) is 0 Å². The topological polar surface area (TPSA) is 50.5 Å². The Balaban J connectivity index is 1.12. The largest absolute Gasteiger partial charge is 0.312 e. The van der Waals surface area contributed by atoms with Gasteiger partial charge >= 0.3 is 0 Å². The van der Waals surface area contributed by atoms with E-state index in [1.807, 2.05) is 21.3 Å². The van der Waals surface area contributed by atoms with Crippen LogP contribution in [-0.4, -0.2) is 58.2 Å². The van der Waals surface area contributed by atoms with E-state index >= 15 is 0 Å². The smallest absolute Gasteiger partial charge is 0.250 e. The van der Waals surface area contributed by atoms with E-state index in [-0.39, 0.29) is 11.1 Å². The van der Waals surface area contributed by atoms with Crippen molar-refractivity contribution in [3.8, 4) is 0 Å². The van der Waals surface area contributed by atoms with Crippen molar-refractivity contribution in [1.29, 1.82) is 0 Å². The molecule has 2 aromatic heterocycles. The Bertz CT molecular complexity index is 988. The number of pyridine rings is 2. The van der Waals surface area contributed by atoms with Crippen LogP contribution in [0.25, 0.3) is 0 Å². The summed E-state index contributed by atoms with van der Waals surface area (Å²) >= 11 is 0. The van der Waals surface area contributed by atoms with Crippen LogP contribution in [0.3, 0.4) is 0 Å². The van der Waals surface area contributed by atoms with Crippen molar-refractivity contribution < 1.29 is 0 Å². The van der Waals surface area contributed by atoms with Gasteiger partial charge in [-0.05, 0) is 36.8 Å². The van der Waals surface area contributed by atoms with Gasteiger partial charge in [0.2, 0.25) is 0 Å². The van der Waals surface area contributed by atoms with Crippen molar-refractivity contribution in [3.05, 3.63) is 68.5 Å². The lowest BCUT2D eigenvalue weighted by Gasteiger charge is -2.45. The Hall–Kier alpha value is -2.18. The van der Waals surface area contributed by atoms with E-state index in [0.29, 0.717) is 23.7 Å². The summed E-state index contributed by atoms with van der Waals surface area (Å²) in [6.45, 7) is 8.31. The highest BCUT2D eigenvalue weighted by atomic mass is 16.1. The van der Waals surface area contributed by atoms with Crippen molar-refractivity contribution in [2.45, 2.75) is 37.8 Å². The SMILES string of the molecule is O=c1cccc2n1C[C@H]1CC2CN(CCN2CC3C[C@@H](C2)Cn2c3cccc2=O)C1. The molecule has 0 saturated carbocycles. The first kappa shape index (κ1) is 18.6.